The zero-order chi connectivity index (χ0) is 19.9. The predicted molar refractivity (Wildman–Crippen MR) is 101 cm³/mol. The van der Waals surface area contributed by atoms with Crippen LogP contribution in [0, 0.1) is 6.92 Å². The number of aromatic nitrogens is 3. The van der Waals surface area contributed by atoms with Gasteiger partial charge in [-0.05, 0) is 36.8 Å². The van der Waals surface area contributed by atoms with Gasteiger partial charge in [-0.15, -0.1) is 11.3 Å². The molecule has 0 saturated carbocycles. The van der Waals surface area contributed by atoms with Crippen LogP contribution in [0.4, 0.5) is 19.0 Å². The summed E-state index contributed by atoms with van der Waals surface area (Å²) in [6.45, 7) is 1.69. The summed E-state index contributed by atoms with van der Waals surface area (Å²) in [6.07, 6.45) is -2.82. The molecule has 0 atom stereocenters. The lowest BCUT2D eigenvalue weighted by molar-refractivity contribution is -0.140. The first-order valence-corrected chi connectivity index (χ1v) is 9.04. The molecule has 5 nitrogen and oxygen atoms in total. The Morgan fingerprint density at radius 3 is 2.57 bits per heavy atom. The van der Waals surface area contributed by atoms with Crippen LogP contribution < -0.4 is 5.32 Å². The van der Waals surface area contributed by atoms with Gasteiger partial charge in [0.25, 0.3) is 5.91 Å². The lowest BCUT2D eigenvalue weighted by atomic mass is 10.2. The van der Waals surface area contributed by atoms with Crippen molar-refractivity contribution in [3.8, 4) is 5.69 Å². The van der Waals surface area contributed by atoms with E-state index >= 15 is 0 Å². The first kappa shape index (κ1) is 18.2. The van der Waals surface area contributed by atoms with Crippen molar-refractivity contribution in [3.05, 3.63) is 70.9 Å². The van der Waals surface area contributed by atoms with E-state index in [4.69, 9.17) is 0 Å². The third kappa shape index (κ3) is 3.36. The van der Waals surface area contributed by atoms with Gasteiger partial charge in [0, 0.05) is 17.6 Å². The van der Waals surface area contributed by atoms with Crippen molar-refractivity contribution in [2.24, 2.45) is 0 Å². The van der Waals surface area contributed by atoms with Crippen LogP contribution in [0.2, 0.25) is 0 Å². The Morgan fingerprint density at radius 2 is 1.86 bits per heavy atom. The summed E-state index contributed by atoms with van der Waals surface area (Å²) in [7, 11) is 0. The molecule has 0 bridgehead atoms. The highest BCUT2D eigenvalue weighted by Crippen LogP contribution is 2.34. The topological polar surface area (TPSA) is 59.8 Å². The molecule has 0 radical (unpaired) electrons. The van der Waals surface area contributed by atoms with Crippen molar-refractivity contribution in [3.63, 3.8) is 0 Å². The van der Waals surface area contributed by atoms with Crippen molar-refractivity contribution in [1.82, 2.24) is 14.8 Å². The molecule has 0 saturated heterocycles. The van der Waals surface area contributed by atoms with E-state index in [0.717, 1.165) is 23.1 Å². The number of hydrogen-bond donors (Lipinski definition) is 1. The predicted octanol–water partition coefficient (Wildman–Crippen LogP) is 5.06. The third-order valence-corrected chi connectivity index (χ3v) is 5.35. The Balaban J connectivity index is 1.61. The van der Waals surface area contributed by atoms with Crippen LogP contribution in [0.25, 0.3) is 15.9 Å². The molecule has 1 amide bonds. The van der Waals surface area contributed by atoms with Crippen LogP contribution in [0.5, 0.6) is 0 Å². The minimum Gasteiger partial charge on any atom is -0.304 e. The van der Waals surface area contributed by atoms with Gasteiger partial charge in [0.05, 0.1) is 10.6 Å². The largest absolute Gasteiger partial charge is 0.433 e. The van der Waals surface area contributed by atoms with Gasteiger partial charge in [0.2, 0.25) is 0 Å². The van der Waals surface area contributed by atoms with Crippen LogP contribution in [0.15, 0.2) is 54.7 Å². The standard InChI is InChI=1S/C19H13F3N4OS/c1-11-13-7-8-14(19(20,21)22)23-18(13)28-16(11)17(27)24-15-9-10-26(25-15)12-5-3-2-4-6-12/h2-10H,1H3,(H,24,25,27). The van der Waals surface area contributed by atoms with Gasteiger partial charge in [-0.25, -0.2) is 9.67 Å². The summed E-state index contributed by atoms with van der Waals surface area (Å²) in [4.78, 5) is 16.8. The van der Waals surface area contributed by atoms with Crippen LogP contribution in [-0.2, 0) is 6.18 Å². The summed E-state index contributed by atoms with van der Waals surface area (Å²) in [5.74, 6) is -0.0954. The molecule has 1 N–H and O–H groups in total. The smallest absolute Gasteiger partial charge is 0.304 e. The molecule has 1 aromatic carbocycles. The average Bonchev–Trinajstić information content (AvgIpc) is 3.26. The molecule has 0 unspecified atom stereocenters. The molecule has 142 valence electrons. The fraction of sp³-hybridized carbons (Fsp3) is 0.105. The molecule has 0 aliphatic carbocycles. The van der Waals surface area contributed by atoms with Crippen LogP contribution >= 0.6 is 11.3 Å². The first-order valence-electron chi connectivity index (χ1n) is 8.23. The van der Waals surface area contributed by atoms with Crippen molar-refractivity contribution in [2.75, 3.05) is 5.32 Å². The number of alkyl halides is 3. The second kappa shape index (κ2) is 6.75. The number of rotatable bonds is 3. The zero-order valence-corrected chi connectivity index (χ0v) is 15.3. The molecule has 0 aliphatic rings. The number of para-hydroxylation sites is 1. The van der Waals surface area contributed by atoms with Gasteiger partial charge >= 0.3 is 6.18 Å². The second-order valence-corrected chi connectivity index (χ2v) is 7.04. The number of carbonyl (C=O) groups excluding carboxylic acids is 1. The summed E-state index contributed by atoms with van der Waals surface area (Å²) in [5, 5.41) is 7.51. The van der Waals surface area contributed by atoms with Gasteiger partial charge in [-0.2, -0.15) is 18.3 Å². The average molecular weight is 402 g/mol. The van der Waals surface area contributed by atoms with E-state index in [-0.39, 0.29) is 4.83 Å². The highest BCUT2D eigenvalue weighted by molar-refractivity contribution is 7.20. The zero-order valence-electron chi connectivity index (χ0n) is 14.5. The summed E-state index contributed by atoms with van der Waals surface area (Å²) >= 11 is 0.927. The monoisotopic (exact) mass is 402 g/mol. The summed E-state index contributed by atoms with van der Waals surface area (Å²) in [6, 6.07) is 13.3. The van der Waals surface area contributed by atoms with Gasteiger partial charge in [-0.3, -0.25) is 4.79 Å². The Kier molecular flexibility index (Phi) is 4.38. The molecular formula is C19H13F3N4OS. The van der Waals surface area contributed by atoms with Crippen LogP contribution in [-0.4, -0.2) is 20.7 Å². The fourth-order valence-electron chi connectivity index (χ4n) is 2.76. The van der Waals surface area contributed by atoms with Crippen LogP contribution in [0.1, 0.15) is 20.9 Å². The minimum atomic E-state index is -4.53. The first-order chi connectivity index (χ1) is 13.3. The van der Waals surface area contributed by atoms with E-state index in [1.807, 2.05) is 30.3 Å². The van der Waals surface area contributed by atoms with Crippen molar-refractivity contribution >= 4 is 33.3 Å². The number of nitrogens with one attached hydrogen (secondary N) is 1. The van der Waals surface area contributed by atoms with Crippen molar-refractivity contribution < 1.29 is 18.0 Å². The van der Waals surface area contributed by atoms with Gasteiger partial charge in [-0.1, -0.05) is 18.2 Å². The highest BCUT2D eigenvalue weighted by Gasteiger charge is 2.33. The molecule has 3 heterocycles. The lowest BCUT2D eigenvalue weighted by Gasteiger charge is -2.04. The maximum Gasteiger partial charge on any atom is 0.433 e. The fourth-order valence-corrected chi connectivity index (χ4v) is 3.84. The maximum atomic E-state index is 12.9. The quantitative estimate of drug-likeness (QED) is 0.521. The Hall–Kier alpha value is -3.20. The number of nitrogens with zero attached hydrogens (tertiary/aromatic N) is 3. The number of aryl methyl sites for hydroxylation is 1. The number of anilines is 1. The number of hydrogen-bond acceptors (Lipinski definition) is 4. The number of amides is 1. The maximum absolute atomic E-state index is 12.9. The molecular weight excluding hydrogens is 389 g/mol. The molecule has 0 fully saturated rings. The van der Waals surface area contributed by atoms with E-state index in [2.05, 4.69) is 15.4 Å². The van der Waals surface area contributed by atoms with E-state index in [1.165, 1.54) is 6.07 Å². The number of carbonyl (C=O) groups is 1. The molecule has 28 heavy (non-hydrogen) atoms. The third-order valence-electron chi connectivity index (χ3n) is 4.15. The Bertz CT molecular complexity index is 1170. The number of halogens is 3. The number of fused-ring (bicyclic) bond motifs is 1. The van der Waals surface area contributed by atoms with E-state index in [1.54, 1.807) is 23.9 Å². The van der Waals surface area contributed by atoms with E-state index < -0.39 is 17.8 Å². The highest BCUT2D eigenvalue weighted by atomic mass is 32.1. The molecule has 3 aromatic heterocycles. The molecule has 4 aromatic rings. The van der Waals surface area contributed by atoms with Crippen molar-refractivity contribution in [1.29, 1.82) is 0 Å². The molecule has 9 heteroatoms. The summed E-state index contributed by atoms with van der Waals surface area (Å²) < 4.78 is 40.2. The number of pyridine rings is 1. The lowest BCUT2D eigenvalue weighted by Crippen LogP contribution is -2.12. The van der Waals surface area contributed by atoms with Gasteiger partial charge in [0.1, 0.15) is 10.5 Å². The van der Waals surface area contributed by atoms with Gasteiger partial charge in [0.15, 0.2) is 5.82 Å². The normalized spacial score (nSPS) is 11.7. The van der Waals surface area contributed by atoms with Crippen LogP contribution in [0.3, 0.4) is 0 Å². The van der Waals surface area contributed by atoms with E-state index in [9.17, 15) is 18.0 Å². The molecule has 0 aliphatic heterocycles. The van der Waals surface area contributed by atoms with E-state index in [0.29, 0.717) is 21.6 Å². The second-order valence-electron chi connectivity index (χ2n) is 6.04. The minimum absolute atomic E-state index is 0.173. The number of thiophene rings is 1. The van der Waals surface area contributed by atoms with Crippen molar-refractivity contribution in [2.45, 2.75) is 13.1 Å². The SMILES string of the molecule is Cc1c(C(=O)Nc2ccn(-c3ccccc3)n2)sc2nc(C(F)(F)F)ccc12. The Labute approximate surface area is 161 Å². The Morgan fingerprint density at radius 1 is 1.11 bits per heavy atom. The van der Waals surface area contributed by atoms with Gasteiger partial charge < -0.3 is 5.32 Å². The number of benzene rings is 1. The molecule has 0 spiro atoms. The molecule has 4 rings (SSSR count). The summed E-state index contributed by atoms with van der Waals surface area (Å²) in [5.41, 5.74) is 0.445.